The highest BCUT2D eigenvalue weighted by molar-refractivity contribution is 6.33. The lowest BCUT2D eigenvalue weighted by molar-refractivity contribution is 0.627. The van der Waals surface area contributed by atoms with Crippen molar-refractivity contribution in [2.24, 2.45) is 0 Å². The van der Waals surface area contributed by atoms with E-state index in [1.54, 1.807) is 24.3 Å². The second kappa shape index (κ2) is 6.18. The molecule has 19 heavy (non-hydrogen) atoms. The zero-order chi connectivity index (χ0) is 13.8. The maximum atomic E-state index is 13.0. The van der Waals surface area contributed by atoms with Crippen LogP contribution in [0.25, 0.3) is 11.6 Å². The first-order chi connectivity index (χ1) is 9.10. The Morgan fingerprint density at radius 3 is 2.21 bits per heavy atom. The summed E-state index contributed by atoms with van der Waals surface area (Å²) in [4.78, 5) is 0. The molecular formula is C15H10Cl2F2. The Bertz CT molecular complexity index is 604. The Balaban J connectivity index is 2.41. The fourth-order valence-corrected chi connectivity index (χ4v) is 2.21. The van der Waals surface area contributed by atoms with Gasteiger partial charge in [-0.05, 0) is 47.0 Å². The van der Waals surface area contributed by atoms with Gasteiger partial charge in [-0.15, -0.1) is 11.6 Å². The largest absolute Gasteiger partial charge is 0.207 e. The Labute approximate surface area is 120 Å². The number of allylic oxidation sites excluding steroid dienone is 1. The average Bonchev–Trinajstić information content (AvgIpc) is 2.39. The van der Waals surface area contributed by atoms with E-state index < -0.39 is 5.82 Å². The molecule has 4 heteroatoms. The third-order valence-electron chi connectivity index (χ3n) is 2.63. The van der Waals surface area contributed by atoms with E-state index in [0.29, 0.717) is 10.6 Å². The molecule has 0 aromatic heterocycles. The van der Waals surface area contributed by atoms with Crippen LogP contribution >= 0.6 is 23.2 Å². The smallest absolute Gasteiger partial charge is 0.124 e. The van der Waals surface area contributed by atoms with E-state index in [1.807, 2.05) is 0 Å². The molecule has 0 amide bonds. The number of halogens is 4. The number of hydrogen-bond acceptors (Lipinski definition) is 0. The van der Waals surface area contributed by atoms with Crippen LogP contribution in [0.1, 0.15) is 11.1 Å². The summed E-state index contributed by atoms with van der Waals surface area (Å²) in [6, 6.07) is 10.1. The third-order valence-corrected chi connectivity index (χ3v) is 3.23. The lowest BCUT2D eigenvalue weighted by Gasteiger charge is -2.07. The van der Waals surface area contributed by atoms with E-state index in [2.05, 4.69) is 0 Å². The SMILES string of the molecule is Fc1ccc(C=C(CCl)c2ccc(F)cc2Cl)cc1. The predicted molar refractivity (Wildman–Crippen MR) is 76.4 cm³/mol. The summed E-state index contributed by atoms with van der Waals surface area (Å²) in [5.41, 5.74) is 2.22. The Kier molecular flexibility index (Phi) is 4.56. The summed E-state index contributed by atoms with van der Waals surface area (Å²) in [7, 11) is 0. The van der Waals surface area contributed by atoms with Gasteiger partial charge in [-0.25, -0.2) is 8.78 Å². The molecule has 0 heterocycles. The summed E-state index contributed by atoms with van der Waals surface area (Å²) < 4.78 is 25.8. The van der Waals surface area contributed by atoms with Crippen molar-refractivity contribution in [3.63, 3.8) is 0 Å². The number of benzene rings is 2. The first-order valence-corrected chi connectivity index (χ1v) is 6.49. The number of rotatable bonds is 3. The second-order valence-electron chi connectivity index (χ2n) is 3.98. The van der Waals surface area contributed by atoms with Gasteiger partial charge in [-0.1, -0.05) is 29.8 Å². The lowest BCUT2D eigenvalue weighted by Crippen LogP contribution is -1.89. The minimum absolute atomic E-state index is 0.225. The molecule has 0 aliphatic rings. The molecule has 0 saturated heterocycles. The first kappa shape index (κ1) is 14.0. The summed E-state index contributed by atoms with van der Waals surface area (Å²) in [5.74, 6) is -0.475. The van der Waals surface area contributed by atoms with E-state index in [9.17, 15) is 8.78 Å². The second-order valence-corrected chi connectivity index (χ2v) is 4.65. The van der Waals surface area contributed by atoms with E-state index in [4.69, 9.17) is 23.2 Å². The molecule has 0 fully saturated rings. The van der Waals surface area contributed by atoms with Crippen molar-refractivity contribution in [3.8, 4) is 0 Å². The van der Waals surface area contributed by atoms with Gasteiger partial charge < -0.3 is 0 Å². The fourth-order valence-electron chi connectivity index (χ4n) is 1.70. The molecule has 2 rings (SSSR count). The molecule has 2 aromatic rings. The quantitative estimate of drug-likeness (QED) is 0.526. The fraction of sp³-hybridized carbons (Fsp3) is 0.0667. The number of hydrogen-bond donors (Lipinski definition) is 0. The highest BCUT2D eigenvalue weighted by Crippen LogP contribution is 2.27. The van der Waals surface area contributed by atoms with Gasteiger partial charge in [0.05, 0.1) is 5.02 Å². The summed E-state index contributed by atoms with van der Waals surface area (Å²) >= 11 is 11.9. The van der Waals surface area contributed by atoms with Gasteiger partial charge in [0, 0.05) is 5.88 Å². The van der Waals surface area contributed by atoms with Crippen molar-refractivity contribution < 1.29 is 8.78 Å². The molecule has 0 aliphatic carbocycles. The molecule has 0 bridgehead atoms. The van der Waals surface area contributed by atoms with Crippen molar-refractivity contribution >= 4 is 34.9 Å². The van der Waals surface area contributed by atoms with E-state index in [0.717, 1.165) is 11.1 Å². The van der Waals surface area contributed by atoms with Gasteiger partial charge >= 0.3 is 0 Å². The predicted octanol–water partition coefficient (Wildman–Crippen LogP) is 5.40. The normalized spacial score (nSPS) is 11.7. The topological polar surface area (TPSA) is 0 Å². The van der Waals surface area contributed by atoms with Gasteiger partial charge in [0.25, 0.3) is 0 Å². The van der Waals surface area contributed by atoms with Crippen LogP contribution in [0, 0.1) is 11.6 Å². The van der Waals surface area contributed by atoms with Crippen molar-refractivity contribution in [2.75, 3.05) is 5.88 Å². The zero-order valence-electron chi connectivity index (χ0n) is 9.84. The molecule has 0 radical (unpaired) electrons. The van der Waals surface area contributed by atoms with Crippen LogP contribution < -0.4 is 0 Å². The number of alkyl halides is 1. The van der Waals surface area contributed by atoms with Crippen LogP contribution in [0.3, 0.4) is 0 Å². The minimum Gasteiger partial charge on any atom is -0.207 e. The standard InChI is InChI=1S/C15H10Cl2F2/c16-9-11(7-10-1-3-12(18)4-2-10)14-6-5-13(19)8-15(14)17/h1-8H,9H2. The van der Waals surface area contributed by atoms with Crippen LogP contribution in [0.2, 0.25) is 5.02 Å². The Hall–Kier alpha value is -1.38. The van der Waals surface area contributed by atoms with E-state index in [-0.39, 0.29) is 11.7 Å². The lowest BCUT2D eigenvalue weighted by atomic mass is 10.0. The summed E-state index contributed by atoms with van der Waals surface area (Å²) in [5, 5.41) is 0.300. The zero-order valence-corrected chi connectivity index (χ0v) is 11.3. The molecule has 0 unspecified atom stereocenters. The van der Waals surface area contributed by atoms with Gasteiger partial charge in [0.2, 0.25) is 0 Å². The molecule has 0 nitrogen and oxygen atoms in total. The minimum atomic E-state index is -0.399. The monoisotopic (exact) mass is 298 g/mol. The van der Waals surface area contributed by atoms with Crippen molar-refractivity contribution in [1.29, 1.82) is 0 Å². The van der Waals surface area contributed by atoms with Crippen LogP contribution in [-0.2, 0) is 0 Å². The molecule has 0 N–H and O–H groups in total. The van der Waals surface area contributed by atoms with E-state index >= 15 is 0 Å². The molecule has 0 aliphatic heterocycles. The summed E-state index contributed by atoms with van der Waals surface area (Å²) in [6.07, 6.45) is 1.80. The van der Waals surface area contributed by atoms with Gasteiger partial charge in [0.15, 0.2) is 0 Å². The van der Waals surface area contributed by atoms with Crippen LogP contribution in [0.4, 0.5) is 8.78 Å². The highest BCUT2D eigenvalue weighted by Gasteiger charge is 2.07. The third kappa shape index (κ3) is 3.55. The molecule has 98 valence electrons. The van der Waals surface area contributed by atoms with E-state index in [1.165, 1.54) is 24.3 Å². The molecular weight excluding hydrogens is 289 g/mol. The molecule has 0 spiro atoms. The summed E-state index contributed by atoms with van der Waals surface area (Å²) in [6.45, 7) is 0. The van der Waals surface area contributed by atoms with Gasteiger partial charge in [0.1, 0.15) is 11.6 Å². The van der Waals surface area contributed by atoms with Crippen molar-refractivity contribution in [1.82, 2.24) is 0 Å². The average molecular weight is 299 g/mol. The highest BCUT2D eigenvalue weighted by atomic mass is 35.5. The first-order valence-electron chi connectivity index (χ1n) is 5.57. The Morgan fingerprint density at radius 2 is 1.63 bits per heavy atom. The van der Waals surface area contributed by atoms with Crippen molar-refractivity contribution in [2.45, 2.75) is 0 Å². The Morgan fingerprint density at radius 1 is 1.00 bits per heavy atom. The molecule has 2 aromatic carbocycles. The van der Waals surface area contributed by atoms with Gasteiger partial charge in [-0.3, -0.25) is 0 Å². The molecule has 0 atom stereocenters. The maximum Gasteiger partial charge on any atom is 0.124 e. The van der Waals surface area contributed by atoms with Crippen LogP contribution in [0.15, 0.2) is 42.5 Å². The van der Waals surface area contributed by atoms with Crippen LogP contribution in [-0.4, -0.2) is 5.88 Å². The van der Waals surface area contributed by atoms with Gasteiger partial charge in [-0.2, -0.15) is 0 Å². The van der Waals surface area contributed by atoms with Crippen molar-refractivity contribution in [3.05, 3.63) is 70.2 Å². The van der Waals surface area contributed by atoms with Crippen LogP contribution in [0.5, 0.6) is 0 Å². The molecule has 0 saturated carbocycles. The maximum absolute atomic E-state index is 13.0.